The highest BCUT2D eigenvalue weighted by atomic mass is 35.5. The molecule has 1 nitrogen and oxygen atoms in total. The summed E-state index contributed by atoms with van der Waals surface area (Å²) in [7, 11) is 0. The van der Waals surface area contributed by atoms with Gasteiger partial charge in [-0.15, -0.1) is 0 Å². The van der Waals surface area contributed by atoms with Crippen LogP contribution < -0.4 is 4.74 Å². The standard InChI is InChI=1S/C23H31ClF2O/c1-16-2-7-18(8-3-16)19-9-4-17(5-10-19)6-11-20-12-13-21(27-15-14-25)23(26)22(20)24/h6,11-13,16-19H,2-5,7-10,14-15H2,1H3/b11-6+. The van der Waals surface area contributed by atoms with Crippen molar-refractivity contribution < 1.29 is 13.5 Å². The van der Waals surface area contributed by atoms with E-state index >= 15 is 0 Å². The molecule has 0 N–H and O–H groups in total. The average molecular weight is 397 g/mol. The first kappa shape index (κ1) is 20.6. The zero-order chi connectivity index (χ0) is 19.2. The summed E-state index contributed by atoms with van der Waals surface area (Å²) in [5.74, 6) is 2.70. The van der Waals surface area contributed by atoms with E-state index in [0.717, 1.165) is 17.8 Å². The molecule has 0 aromatic heterocycles. The number of hydrogen-bond acceptors (Lipinski definition) is 1. The Morgan fingerprint density at radius 1 is 1.04 bits per heavy atom. The van der Waals surface area contributed by atoms with Gasteiger partial charge < -0.3 is 4.74 Å². The third-order valence-electron chi connectivity index (χ3n) is 6.50. The molecular formula is C23H31ClF2O. The number of rotatable bonds is 6. The number of allylic oxidation sites excluding steroid dienone is 1. The Balaban J connectivity index is 1.53. The summed E-state index contributed by atoms with van der Waals surface area (Å²) in [6, 6.07) is 3.27. The maximum atomic E-state index is 14.2. The lowest BCUT2D eigenvalue weighted by Gasteiger charge is -2.36. The van der Waals surface area contributed by atoms with Gasteiger partial charge in [-0.2, -0.15) is 0 Å². The highest BCUT2D eigenvalue weighted by molar-refractivity contribution is 6.32. The minimum absolute atomic E-state index is 0.0112. The second-order valence-electron chi connectivity index (χ2n) is 8.37. The summed E-state index contributed by atoms with van der Waals surface area (Å²) in [6.07, 6.45) is 14.8. The van der Waals surface area contributed by atoms with Gasteiger partial charge in [-0.1, -0.05) is 43.5 Å². The first-order chi connectivity index (χ1) is 13.1. The van der Waals surface area contributed by atoms with Crippen molar-refractivity contribution in [1.82, 2.24) is 0 Å². The van der Waals surface area contributed by atoms with Gasteiger partial charge in [-0.3, -0.25) is 0 Å². The van der Waals surface area contributed by atoms with Gasteiger partial charge >= 0.3 is 0 Å². The van der Waals surface area contributed by atoms with E-state index < -0.39 is 12.5 Å². The summed E-state index contributed by atoms with van der Waals surface area (Å²) in [5.41, 5.74) is 0.658. The largest absolute Gasteiger partial charge is 0.488 e. The minimum Gasteiger partial charge on any atom is -0.488 e. The molecule has 150 valence electrons. The first-order valence-corrected chi connectivity index (χ1v) is 10.8. The second kappa shape index (κ2) is 9.91. The number of benzene rings is 1. The fourth-order valence-corrected chi connectivity index (χ4v) is 4.96. The molecule has 3 rings (SSSR count). The van der Waals surface area contributed by atoms with E-state index in [0.29, 0.717) is 11.5 Å². The Morgan fingerprint density at radius 3 is 2.30 bits per heavy atom. The summed E-state index contributed by atoms with van der Waals surface area (Å²) >= 11 is 6.13. The van der Waals surface area contributed by atoms with E-state index in [2.05, 4.69) is 13.0 Å². The number of hydrogen-bond donors (Lipinski definition) is 0. The average Bonchev–Trinajstić information content (AvgIpc) is 2.69. The SMILES string of the molecule is CC1CCC(C2CCC(/C=C/c3ccc(OCCF)c(F)c3Cl)CC2)CC1. The van der Waals surface area contributed by atoms with Crippen LogP contribution in [0.3, 0.4) is 0 Å². The van der Waals surface area contributed by atoms with Crippen molar-refractivity contribution in [2.45, 2.75) is 58.3 Å². The van der Waals surface area contributed by atoms with E-state index in [1.165, 1.54) is 57.4 Å². The molecule has 2 saturated carbocycles. The summed E-state index contributed by atoms with van der Waals surface area (Å²) < 4.78 is 31.4. The molecule has 27 heavy (non-hydrogen) atoms. The molecule has 0 unspecified atom stereocenters. The van der Waals surface area contributed by atoms with Crippen LogP contribution in [0.2, 0.25) is 5.02 Å². The van der Waals surface area contributed by atoms with Crippen molar-refractivity contribution in [2.75, 3.05) is 13.3 Å². The van der Waals surface area contributed by atoms with Crippen LogP contribution in [-0.4, -0.2) is 13.3 Å². The lowest BCUT2D eigenvalue weighted by Crippen LogP contribution is -2.24. The predicted molar refractivity (Wildman–Crippen MR) is 108 cm³/mol. The van der Waals surface area contributed by atoms with Gasteiger partial charge in [-0.25, -0.2) is 8.78 Å². The Morgan fingerprint density at radius 2 is 1.67 bits per heavy atom. The van der Waals surface area contributed by atoms with Gasteiger partial charge in [0.1, 0.15) is 13.3 Å². The molecule has 0 amide bonds. The maximum Gasteiger partial charge on any atom is 0.184 e. The van der Waals surface area contributed by atoms with Crippen molar-refractivity contribution >= 4 is 17.7 Å². The molecule has 2 aliphatic rings. The molecule has 2 fully saturated rings. The van der Waals surface area contributed by atoms with Crippen LogP contribution in [0.25, 0.3) is 6.08 Å². The molecule has 1 aromatic rings. The van der Waals surface area contributed by atoms with Crippen molar-refractivity contribution in [2.24, 2.45) is 23.7 Å². The van der Waals surface area contributed by atoms with Crippen LogP contribution in [0.15, 0.2) is 18.2 Å². The smallest absolute Gasteiger partial charge is 0.184 e. The van der Waals surface area contributed by atoms with Gasteiger partial charge in [0, 0.05) is 0 Å². The van der Waals surface area contributed by atoms with E-state index in [-0.39, 0.29) is 17.4 Å². The van der Waals surface area contributed by atoms with Crippen LogP contribution in [0.5, 0.6) is 5.75 Å². The van der Waals surface area contributed by atoms with Crippen LogP contribution in [0.4, 0.5) is 8.78 Å². The molecule has 0 radical (unpaired) electrons. The number of alkyl halides is 1. The van der Waals surface area contributed by atoms with Gasteiger partial charge in [0.15, 0.2) is 11.6 Å². The van der Waals surface area contributed by atoms with Crippen LogP contribution >= 0.6 is 11.6 Å². The van der Waals surface area contributed by atoms with Crippen molar-refractivity contribution in [3.05, 3.63) is 34.6 Å². The van der Waals surface area contributed by atoms with Gasteiger partial charge in [0.05, 0.1) is 5.02 Å². The van der Waals surface area contributed by atoms with Crippen LogP contribution in [0, 0.1) is 29.5 Å². The topological polar surface area (TPSA) is 9.23 Å². The fraction of sp³-hybridized carbons (Fsp3) is 0.652. The van der Waals surface area contributed by atoms with Crippen molar-refractivity contribution in [3.8, 4) is 5.75 Å². The zero-order valence-corrected chi connectivity index (χ0v) is 17.0. The molecule has 0 bridgehead atoms. The molecular weight excluding hydrogens is 366 g/mol. The summed E-state index contributed by atoms with van der Waals surface area (Å²) in [5, 5.41) is 0.0487. The Labute approximate surface area is 167 Å². The normalized spacial score (nSPS) is 29.2. The first-order valence-electron chi connectivity index (χ1n) is 10.4. The lowest BCUT2D eigenvalue weighted by atomic mass is 9.69. The van der Waals surface area contributed by atoms with Crippen molar-refractivity contribution in [1.29, 1.82) is 0 Å². The van der Waals surface area contributed by atoms with Gasteiger partial charge in [0.2, 0.25) is 0 Å². The molecule has 1 aromatic carbocycles. The van der Waals surface area contributed by atoms with Crippen LogP contribution in [-0.2, 0) is 0 Å². The van der Waals surface area contributed by atoms with Crippen LogP contribution in [0.1, 0.15) is 63.9 Å². The quantitative estimate of drug-likeness (QED) is 0.484. The third-order valence-corrected chi connectivity index (χ3v) is 6.89. The molecule has 0 aliphatic heterocycles. The number of halogens is 3. The second-order valence-corrected chi connectivity index (χ2v) is 8.75. The minimum atomic E-state index is -0.652. The highest BCUT2D eigenvalue weighted by Gasteiger charge is 2.29. The molecule has 2 aliphatic carbocycles. The highest BCUT2D eigenvalue weighted by Crippen LogP contribution is 2.41. The molecule has 0 atom stereocenters. The maximum absolute atomic E-state index is 14.2. The van der Waals surface area contributed by atoms with Gasteiger partial charge in [0.25, 0.3) is 0 Å². The molecule has 0 saturated heterocycles. The third kappa shape index (κ3) is 5.47. The number of ether oxygens (including phenoxy) is 1. The Hall–Kier alpha value is -1.09. The van der Waals surface area contributed by atoms with E-state index in [9.17, 15) is 8.78 Å². The monoisotopic (exact) mass is 396 g/mol. The van der Waals surface area contributed by atoms with E-state index in [1.807, 2.05) is 6.08 Å². The summed E-state index contributed by atoms with van der Waals surface area (Å²) in [6.45, 7) is 1.57. The Kier molecular flexibility index (Phi) is 7.57. The fourth-order valence-electron chi connectivity index (χ4n) is 4.74. The molecule has 0 heterocycles. The predicted octanol–water partition coefficient (Wildman–Crippen LogP) is 7.47. The lowest BCUT2D eigenvalue weighted by molar-refractivity contribution is 0.160. The van der Waals surface area contributed by atoms with Crippen molar-refractivity contribution in [3.63, 3.8) is 0 Å². The Bertz CT molecular complexity index is 630. The molecule has 4 heteroatoms. The van der Waals surface area contributed by atoms with E-state index in [1.54, 1.807) is 6.07 Å². The zero-order valence-electron chi connectivity index (χ0n) is 16.2. The van der Waals surface area contributed by atoms with E-state index in [4.69, 9.17) is 16.3 Å². The molecule has 0 spiro atoms. The van der Waals surface area contributed by atoms with Gasteiger partial charge in [-0.05, 0) is 79.9 Å². The summed E-state index contributed by atoms with van der Waals surface area (Å²) in [4.78, 5) is 0.